The molecule has 2 N–H and O–H groups in total. The van der Waals surface area contributed by atoms with Crippen LogP contribution < -0.4 is 10.6 Å². The summed E-state index contributed by atoms with van der Waals surface area (Å²) in [5.41, 5.74) is 0. The number of aromatic nitrogens is 3. The number of guanidine groups is 1. The second-order valence-electron chi connectivity index (χ2n) is 7.85. The standard InChI is InChI=1S/C21H41N7OS.HI/c1-5-22-20(24-14-16-27(2)15-9-17-29-3)23-13-8-12-19-25-26-21(30-4)28(19)18-10-6-7-11-18;/h18H,5-17H2,1-4H3,(H2,22,23,24);1H. The molecule has 31 heavy (non-hydrogen) atoms. The summed E-state index contributed by atoms with van der Waals surface area (Å²) in [5.74, 6) is 2.02. The van der Waals surface area contributed by atoms with E-state index in [1.807, 2.05) is 0 Å². The van der Waals surface area contributed by atoms with Crippen LogP contribution in [0, 0.1) is 0 Å². The molecule has 180 valence electrons. The largest absolute Gasteiger partial charge is 0.385 e. The van der Waals surface area contributed by atoms with Crippen molar-refractivity contribution < 1.29 is 4.74 Å². The van der Waals surface area contributed by atoms with Crippen LogP contribution in [0.1, 0.15) is 57.3 Å². The average Bonchev–Trinajstić information content (AvgIpc) is 3.40. The SMILES string of the molecule is CCNC(=NCCCc1nnc(SC)n1C1CCCC1)NCCN(C)CCCOC.I. The highest BCUT2D eigenvalue weighted by atomic mass is 127. The zero-order chi connectivity index (χ0) is 21.6. The maximum Gasteiger partial charge on any atom is 0.191 e. The number of thioether (sulfide) groups is 1. The van der Waals surface area contributed by atoms with E-state index in [1.165, 1.54) is 25.7 Å². The van der Waals surface area contributed by atoms with Gasteiger partial charge in [0, 0.05) is 58.9 Å². The van der Waals surface area contributed by atoms with Crippen molar-refractivity contribution in [2.24, 2.45) is 4.99 Å². The molecule has 0 bridgehead atoms. The van der Waals surface area contributed by atoms with Gasteiger partial charge >= 0.3 is 0 Å². The molecule has 0 aliphatic heterocycles. The fourth-order valence-electron chi connectivity index (χ4n) is 3.87. The van der Waals surface area contributed by atoms with E-state index < -0.39 is 0 Å². The van der Waals surface area contributed by atoms with Gasteiger partial charge in [-0.05, 0) is 45.9 Å². The number of methoxy groups -OCH3 is 1. The van der Waals surface area contributed by atoms with E-state index in [0.717, 1.165) is 75.5 Å². The molecule has 1 heterocycles. The minimum absolute atomic E-state index is 0. The third-order valence-electron chi connectivity index (χ3n) is 5.45. The lowest BCUT2D eigenvalue weighted by Crippen LogP contribution is -2.41. The molecular weight excluding hydrogens is 525 g/mol. The maximum absolute atomic E-state index is 5.12. The minimum atomic E-state index is 0. The monoisotopic (exact) mass is 567 g/mol. The third-order valence-corrected chi connectivity index (χ3v) is 6.10. The second kappa shape index (κ2) is 17.0. The van der Waals surface area contributed by atoms with Gasteiger partial charge in [0.2, 0.25) is 0 Å². The van der Waals surface area contributed by atoms with E-state index >= 15 is 0 Å². The number of aliphatic imine (C=N–C) groups is 1. The van der Waals surface area contributed by atoms with Gasteiger partial charge in [-0.2, -0.15) is 0 Å². The predicted octanol–water partition coefficient (Wildman–Crippen LogP) is 3.19. The van der Waals surface area contributed by atoms with E-state index in [-0.39, 0.29) is 24.0 Å². The fraction of sp³-hybridized carbons (Fsp3) is 0.857. The second-order valence-corrected chi connectivity index (χ2v) is 8.63. The van der Waals surface area contributed by atoms with E-state index in [1.54, 1.807) is 18.9 Å². The van der Waals surface area contributed by atoms with E-state index in [4.69, 9.17) is 9.73 Å². The zero-order valence-corrected chi connectivity index (χ0v) is 22.9. The molecule has 1 saturated carbocycles. The van der Waals surface area contributed by atoms with Gasteiger partial charge in [-0.25, -0.2) is 0 Å². The van der Waals surface area contributed by atoms with Gasteiger partial charge in [-0.15, -0.1) is 34.2 Å². The number of aryl methyl sites for hydroxylation is 1. The Bertz CT molecular complexity index is 623. The highest BCUT2D eigenvalue weighted by molar-refractivity contribution is 14.0. The predicted molar refractivity (Wildman–Crippen MR) is 141 cm³/mol. The Kier molecular flexibility index (Phi) is 15.6. The van der Waals surface area contributed by atoms with E-state index in [2.05, 4.69) is 50.5 Å². The number of hydrogen-bond donors (Lipinski definition) is 2. The van der Waals surface area contributed by atoms with E-state index in [0.29, 0.717) is 6.04 Å². The maximum atomic E-state index is 5.12. The summed E-state index contributed by atoms with van der Waals surface area (Å²) in [6, 6.07) is 0.584. The summed E-state index contributed by atoms with van der Waals surface area (Å²) >= 11 is 1.70. The van der Waals surface area contributed by atoms with Gasteiger partial charge in [0.25, 0.3) is 0 Å². The number of halogens is 1. The molecule has 0 radical (unpaired) electrons. The topological polar surface area (TPSA) is 79.6 Å². The van der Waals surface area contributed by atoms with Crippen molar-refractivity contribution in [1.29, 1.82) is 0 Å². The van der Waals surface area contributed by atoms with E-state index in [9.17, 15) is 0 Å². The summed E-state index contributed by atoms with van der Waals surface area (Å²) in [4.78, 5) is 7.06. The van der Waals surface area contributed by atoms with Gasteiger partial charge in [0.05, 0.1) is 0 Å². The lowest BCUT2D eigenvalue weighted by molar-refractivity contribution is 0.180. The molecule has 0 saturated heterocycles. The van der Waals surface area contributed by atoms with Gasteiger partial charge in [-0.1, -0.05) is 24.6 Å². The van der Waals surface area contributed by atoms with Crippen LogP contribution in [-0.4, -0.2) is 85.4 Å². The van der Waals surface area contributed by atoms with Crippen LogP contribution in [0.2, 0.25) is 0 Å². The normalized spacial score (nSPS) is 14.8. The van der Waals surface area contributed by atoms with Crippen LogP contribution in [0.4, 0.5) is 0 Å². The van der Waals surface area contributed by atoms with Crippen LogP contribution in [0.25, 0.3) is 0 Å². The number of nitrogens with one attached hydrogen (secondary N) is 2. The average molecular weight is 568 g/mol. The van der Waals surface area contributed by atoms with Crippen molar-refractivity contribution >= 4 is 41.7 Å². The zero-order valence-electron chi connectivity index (χ0n) is 19.7. The van der Waals surface area contributed by atoms with Crippen molar-refractivity contribution in [3.05, 3.63) is 5.82 Å². The smallest absolute Gasteiger partial charge is 0.191 e. The first-order valence-electron chi connectivity index (χ1n) is 11.4. The Morgan fingerprint density at radius 2 is 2.00 bits per heavy atom. The fourth-order valence-corrected chi connectivity index (χ4v) is 4.45. The van der Waals surface area contributed by atoms with Crippen LogP contribution in [0.15, 0.2) is 10.1 Å². The molecule has 1 aliphatic rings. The Labute approximate surface area is 209 Å². The Hall–Kier alpha value is -0.590. The highest BCUT2D eigenvalue weighted by Crippen LogP contribution is 2.33. The van der Waals surface area contributed by atoms with Gasteiger partial charge < -0.3 is 24.8 Å². The molecule has 1 aromatic rings. The number of nitrogens with zero attached hydrogens (tertiary/aromatic N) is 5. The Balaban J connectivity index is 0.00000480. The van der Waals surface area contributed by atoms with Gasteiger partial charge in [0.15, 0.2) is 11.1 Å². The molecule has 0 atom stereocenters. The summed E-state index contributed by atoms with van der Waals surface area (Å²) in [6.07, 6.45) is 10.2. The number of likely N-dealkylation sites (N-methyl/N-ethyl adjacent to an activating group) is 1. The summed E-state index contributed by atoms with van der Waals surface area (Å²) in [6.45, 7) is 7.46. The molecule has 0 amide bonds. The van der Waals surface area contributed by atoms with Crippen LogP contribution >= 0.6 is 35.7 Å². The molecule has 1 aromatic heterocycles. The molecule has 0 spiro atoms. The molecular formula is C21H42IN7OS. The summed E-state index contributed by atoms with van der Waals surface area (Å²) in [5, 5.41) is 16.7. The highest BCUT2D eigenvalue weighted by Gasteiger charge is 2.23. The Morgan fingerprint density at radius 3 is 2.68 bits per heavy atom. The van der Waals surface area contributed by atoms with Crippen LogP contribution in [0.5, 0.6) is 0 Å². The third kappa shape index (κ3) is 10.3. The summed E-state index contributed by atoms with van der Waals surface area (Å²) < 4.78 is 7.51. The molecule has 1 aliphatic carbocycles. The van der Waals surface area contributed by atoms with Crippen molar-refractivity contribution in [1.82, 2.24) is 30.3 Å². The summed E-state index contributed by atoms with van der Waals surface area (Å²) in [7, 11) is 3.89. The molecule has 2 rings (SSSR count). The molecule has 8 nitrogen and oxygen atoms in total. The lowest BCUT2D eigenvalue weighted by atomic mass is 10.2. The molecule has 1 fully saturated rings. The van der Waals surface area contributed by atoms with Gasteiger partial charge in [-0.3, -0.25) is 4.99 Å². The first-order chi connectivity index (χ1) is 14.7. The van der Waals surface area contributed by atoms with Crippen molar-refractivity contribution in [2.75, 3.05) is 59.7 Å². The number of hydrogen-bond acceptors (Lipinski definition) is 6. The molecule has 10 heteroatoms. The molecule has 0 aromatic carbocycles. The lowest BCUT2D eigenvalue weighted by Gasteiger charge is -2.18. The molecule has 0 unspecified atom stereocenters. The van der Waals surface area contributed by atoms with Crippen LogP contribution in [-0.2, 0) is 11.2 Å². The minimum Gasteiger partial charge on any atom is -0.385 e. The van der Waals surface area contributed by atoms with Crippen LogP contribution in [0.3, 0.4) is 0 Å². The first-order valence-corrected chi connectivity index (χ1v) is 12.6. The number of rotatable bonds is 14. The first kappa shape index (κ1) is 28.4. The quantitative estimate of drug-likeness (QED) is 0.118. The van der Waals surface area contributed by atoms with Crippen molar-refractivity contribution in [3.8, 4) is 0 Å². The number of ether oxygens (including phenoxy) is 1. The Morgan fingerprint density at radius 1 is 1.23 bits per heavy atom. The van der Waals surface area contributed by atoms with Gasteiger partial charge in [0.1, 0.15) is 5.82 Å². The van der Waals surface area contributed by atoms with Crippen molar-refractivity contribution in [2.45, 2.75) is 63.1 Å². The van der Waals surface area contributed by atoms with Crippen molar-refractivity contribution in [3.63, 3.8) is 0 Å².